The van der Waals surface area contributed by atoms with Crippen LogP contribution in [0.15, 0.2) is 33.9 Å². The van der Waals surface area contributed by atoms with E-state index in [-0.39, 0.29) is 47.6 Å². The maximum atomic E-state index is 13.7. The highest BCUT2D eigenvalue weighted by Gasteiger charge is 2.27. The van der Waals surface area contributed by atoms with Crippen molar-refractivity contribution in [2.24, 2.45) is 12.8 Å². The van der Waals surface area contributed by atoms with Gasteiger partial charge in [0.05, 0.1) is 18.7 Å². The van der Waals surface area contributed by atoms with Gasteiger partial charge in [0, 0.05) is 33.2 Å². The molecule has 3 aromatic rings. The van der Waals surface area contributed by atoms with Gasteiger partial charge in [-0.25, -0.2) is 4.79 Å². The van der Waals surface area contributed by atoms with Crippen LogP contribution in [-0.4, -0.2) is 63.2 Å². The van der Waals surface area contributed by atoms with Gasteiger partial charge >= 0.3 is 5.69 Å². The first-order valence-electron chi connectivity index (χ1n) is 12.3. The van der Waals surface area contributed by atoms with Crippen molar-refractivity contribution in [1.29, 1.82) is 0 Å². The average Bonchev–Trinajstić information content (AvgIpc) is 3.31. The zero-order valence-electron chi connectivity index (χ0n) is 21.7. The van der Waals surface area contributed by atoms with Crippen molar-refractivity contribution in [3.8, 4) is 17.6 Å². The fourth-order valence-corrected chi connectivity index (χ4v) is 4.51. The third-order valence-electron chi connectivity index (χ3n) is 6.49. The molecule has 1 saturated heterocycles. The molecule has 0 aliphatic carbocycles. The van der Waals surface area contributed by atoms with Crippen molar-refractivity contribution in [2.75, 3.05) is 31.6 Å². The number of imidazole rings is 1. The van der Waals surface area contributed by atoms with Crippen molar-refractivity contribution in [3.63, 3.8) is 0 Å². The minimum atomic E-state index is -0.673. The van der Waals surface area contributed by atoms with Crippen LogP contribution in [0.1, 0.15) is 30.1 Å². The molecule has 1 aliphatic rings. The number of aromatic nitrogens is 4. The van der Waals surface area contributed by atoms with Crippen molar-refractivity contribution >= 4 is 28.8 Å². The van der Waals surface area contributed by atoms with Crippen molar-refractivity contribution in [2.45, 2.75) is 38.9 Å². The molecule has 3 N–H and O–H groups in total. The Morgan fingerprint density at radius 2 is 2.00 bits per heavy atom. The zero-order valence-corrected chi connectivity index (χ0v) is 21.7. The van der Waals surface area contributed by atoms with Crippen LogP contribution >= 0.6 is 0 Å². The highest BCUT2D eigenvalue weighted by molar-refractivity contribution is 5.98. The molecule has 4 rings (SSSR count). The number of hydrogen-bond acceptors (Lipinski definition) is 8. The van der Waals surface area contributed by atoms with E-state index in [1.807, 2.05) is 4.90 Å². The Bertz CT molecular complexity index is 1560. The van der Waals surface area contributed by atoms with E-state index in [0.717, 1.165) is 17.4 Å². The molecule has 38 heavy (non-hydrogen) atoms. The number of fused-ring (bicyclic) bond motifs is 1. The number of ketones is 1. The second-order valence-corrected chi connectivity index (χ2v) is 9.06. The van der Waals surface area contributed by atoms with Gasteiger partial charge in [0.2, 0.25) is 5.95 Å². The average molecular weight is 522 g/mol. The number of nitrogens with zero attached hydrogens (tertiary/aromatic N) is 5. The molecule has 1 amide bonds. The lowest BCUT2D eigenvalue weighted by atomic mass is 10.1. The Morgan fingerprint density at radius 1 is 1.24 bits per heavy atom. The number of nitrogens with two attached hydrogens (primary N) is 1. The van der Waals surface area contributed by atoms with Crippen molar-refractivity contribution in [3.05, 3.63) is 50.7 Å². The minimum absolute atomic E-state index is 0.0296. The molecule has 0 unspecified atom stereocenters. The van der Waals surface area contributed by atoms with Gasteiger partial charge < -0.3 is 20.7 Å². The summed E-state index contributed by atoms with van der Waals surface area (Å²) in [4.78, 5) is 58.5. The van der Waals surface area contributed by atoms with E-state index in [1.165, 1.54) is 24.7 Å². The zero-order chi connectivity index (χ0) is 27.4. The van der Waals surface area contributed by atoms with Gasteiger partial charge in [0.15, 0.2) is 23.6 Å². The molecule has 2 aromatic heterocycles. The summed E-state index contributed by atoms with van der Waals surface area (Å²) < 4.78 is 9.34. The molecular weight excluding hydrogens is 490 g/mol. The number of hydrogen-bond donors (Lipinski definition) is 2. The number of ether oxygens (including phenoxy) is 1. The van der Waals surface area contributed by atoms with E-state index >= 15 is 0 Å². The highest BCUT2D eigenvalue weighted by atomic mass is 16.5. The van der Waals surface area contributed by atoms with Crippen LogP contribution in [-0.2, 0) is 24.9 Å². The van der Waals surface area contributed by atoms with Gasteiger partial charge in [0.1, 0.15) is 5.75 Å². The van der Waals surface area contributed by atoms with Gasteiger partial charge in [-0.3, -0.25) is 28.1 Å². The molecule has 1 atom stereocenters. The number of likely N-dealkylation sites (N-methyl/N-ethyl adjacent to an activating group) is 1. The Hall–Kier alpha value is -4.37. The van der Waals surface area contributed by atoms with Crippen LogP contribution < -0.4 is 31.9 Å². The molecule has 0 saturated carbocycles. The predicted molar refractivity (Wildman–Crippen MR) is 142 cm³/mol. The molecule has 3 heterocycles. The molecule has 0 spiro atoms. The largest absolute Gasteiger partial charge is 0.483 e. The lowest BCUT2D eigenvalue weighted by Gasteiger charge is -2.31. The van der Waals surface area contributed by atoms with Crippen LogP contribution in [0, 0.1) is 11.8 Å². The van der Waals surface area contributed by atoms with Crippen LogP contribution in [0.4, 0.5) is 5.95 Å². The number of piperidine rings is 1. The number of Topliss-reactive ketones (excluding diaryl/α,β-unsaturated/α-hetero) is 1. The first kappa shape index (κ1) is 26.7. The summed E-state index contributed by atoms with van der Waals surface area (Å²) in [6, 6.07) is 6.34. The van der Waals surface area contributed by atoms with Gasteiger partial charge in [-0.1, -0.05) is 18.1 Å². The van der Waals surface area contributed by atoms with Crippen molar-refractivity contribution < 1.29 is 14.3 Å². The Kier molecular flexibility index (Phi) is 7.97. The molecule has 0 radical (unpaired) electrons. The maximum absolute atomic E-state index is 13.7. The van der Waals surface area contributed by atoms with Crippen LogP contribution in [0.5, 0.6) is 5.75 Å². The van der Waals surface area contributed by atoms with Crippen molar-refractivity contribution in [1.82, 2.24) is 24.0 Å². The number of para-hydroxylation sites is 1. The Balaban J connectivity index is 1.79. The Morgan fingerprint density at radius 3 is 2.71 bits per heavy atom. The summed E-state index contributed by atoms with van der Waals surface area (Å²) in [5.74, 6) is 5.63. The summed E-state index contributed by atoms with van der Waals surface area (Å²) in [6.07, 6.45) is 1.77. The number of amides is 1. The lowest BCUT2D eigenvalue weighted by molar-refractivity contribution is -0.122. The summed E-state index contributed by atoms with van der Waals surface area (Å²) in [6.45, 7) is 2.36. The number of carbonyl (C=O) groups excluding carboxylic acids is 2. The maximum Gasteiger partial charge on any atom is 0.332 e. The van der Waals surface area contributed by atoms with E-state index in [0.29, 0.717) is 19.0 Å². The molecule has 1 aliphatic heterocycles. The predicted octanol–water partition coefficient (Wildman–Crippen LogP) is -0.145. The van der Waals surface area contributed by atoms with Gasteiger partial charge in [-0.15, -0.1) is 5.92 Å². The number of anilines is 1. The molecule has 1 fully saturated rings. The quantitative estimate of drug-likeness (QED) is 0.308. The molecule has 12 nitrogen and oxygen atoms in total. The lowest BCUT2D eigenvalue weighted by Crippen LogP contribution is -2.44. The van der Waals surface area contributed by atoms with Crippen LogP contribution in [0.2, 0.25) is 0 Å². The van der Waals surface area contributed by atoms with Crippen LogP contribution in [0.25, 0.3) is 11.2 Å². The van der Waals surface area contributed by atoms with E-state index < -0.39 is 23.6 Å². The monoisotopic (exact) mass is 521 g/mol. The second-order valence-electron chi connectivity index (χ2n) is 9.06. The number of benzene rings is 1. The number of nitrogens with one attached hydrogen (secondary N) is 1. The number of carbonyl (C=O) groups is 2. The summed E-state index contributed by atoms with van der Waals surface area (Å²) in [7, 11) is 2.99. The standard InChI is InChI=1S/C26H31N7O5/c1-4-5-13-32-22-23(29-25(32)31-12-8-9-17(27)14-31)30(3)26(37)33(24(22)36)15-19(34)18-10-6-7-11-20(18)38-16-21(35)28-2/h6-7,10-11,17H,8-9,12-16,27H2,1-3H3,(H,28,35)/t17-/m0/s1. The Labute approximate surface area is 219 Å². The normalized spacial score (nSPS) is 15.2. The fourth-order valence-electron chi connectivity index (χ4n) is 4.51. The second kappa shape index (κ2) is 11.4. The van der Waals surface area contributed by atoms with E-state index in [1.54, 1.807) is 29.7 Å². The minimum Gasteiger partial charge on any atom is -0.483 e. The fraction of sp³-hybridized carbons (Fsp3) is 0.423. The van der Waals surface area contributed by atoms with Gasteiger partial charge in [0.25, 0.3) is 11.5 Å². The first-order valence-corrected chi connectivity index (χ1v) is 12.3. The first-order chi connectivity index (χ1) is 18.3. The number of aryl methyl sites for hydroxylation is 1. The molecule has 0 bridgehead atoms. The number of rotatable bonds is 8. The van der Waals surface area contributed by atoms with Gasteiger partial charge in [-0.05, 0) is 31.9 Å². The molecule has 12 heteroatoms. The summed E-state index contributed by atoms with van der Waals surface area (Å²) in [5.41, 5.74) is 5.42. The topological polar surface area (TPSA) is 146 Å². The summed E-state index contributed by atoms with van der Waals surface area (Å²) in [5, 5.41) is 2.44. The summed E-state index contributed by atoms with van der Waals surface area (Å²) >= 11 is 0. The SMILES string of the molecule is CC#CCn1c(N2CCC[C@H](N)C2)nc2c1c(=O)n(CC(=O)c1ccccc1OCC(=O)NC)c(=O)n2C. The van der Waals surface area contributed by atoms with E-state index in [2.05, 4.69) is 22.1 Å². The third kappa shape index (κ3) is 5.19. The molecule has 1 aromatic carbocycles. The molecule has 200 valence electrons. The van der Waals surface area contributed by atoms with Crippen LogP contribution in [0.3, 0.4) is 0 Å². The molecular formula is C26H31N7O5. The smallest absolute Gasteiger partial charge is 0.332 e. The highest BCUT2D eigenvalue weighted by Crippen LogP contribution is 2.23. The van der Waals surface area contributed by atoms with Gasteiger partial charge in [-0.2, -0.15) is 4.98 Å². The third-order valence-corrected chi connectivity index (χ3v) is 6.49. The van der Waals surface area contributed by atoms with E-state index in [9.17, 15) is 19.2 Å². The van der Waals surface area contributed by atoms with E-state index in [4.69, 9.17) is 10.5 Å².